The van der Waals surface area contributed by atoms with E-state index in [2.05, 4.69) is 21.4 Å². The van der Waals surface area contributed by atoms with E-state index in [4.69, 9.17) is 5.84 Å². The first-order chi connectivity index (χ1) is 4.74. The molecule has 0 aromatic heterocycles. The molecule has 1 aromatic carbocycles. The van der Waals surface area contributed by atoms with Gasteiger partial charge < -0.3 is 5.43 Å². The standard InChI is InChI=1S/C7H9BrN2.ClH/c1-5-2-3-6(10-9)4-7(5)8;/h2-4,10H,9H2,1H3;1H. The van der Waals surface area contributed by atoms with Crippen molar-refractivity contribution in [1.29, 1.82) is 0 Å². The molecule has 0 atom stereocenters. The van der Waals surface area contributed by atoms with E-state index in [1.165, 1.54) is 5.56 Å². The van der Waals surface area contributed by atoms with Gasteiger partial charge in [0.05, 0.1) is 0 Å². The van der Waals surface area contributed by atoms with Crippen molar-refractivity contribution in [3.63, 3.8) is 0 Å². The number of hydrogen-bond donors (Lipinski definition) is 2. The van der Waals surface area contributed by atoms with Gasteiger partial charge in [-0.15, -0.1) is 12.4 Å². The smallest absolute Gasteiger partial charge is 0.0496 e. The minimum Gasteiger partial charge on any atom is -0.324 e. The van der Waals surface area contributed by atoms with Gasteiger partial charge in [-0.2, -0.15) is 0 Å². The van der Waals surface area contributed by atoms with Gasteiger partial charge in [0.2, 0.25) is 0 Å². The summed E-state index contributed by atoms with van der Waals surface area (Å²) in [6, 6.07) is 5.87. The number of nitrogens with two attached hydrogens (primary N) is 1. The second kappa shape index (κ2) is 4.59. The van der Waals surface area contributed by atoms with Crippen molar-refractivity contribution in [3.8, 4) is 0 Å². The third kappa shape index (κ3) is 2.69. The van der Waals surface area contributed by atoms with Gasteiger partial charge in [-0.25, -0.2) is 0 Å². The van der Waals surface area contributed by atoms with E-state index in [0.29, 0.717) is 0 Å². The normalized spacial score (nSPS) is 8.64. The van der Waals surface area contributed by atoms with Crippen molar-refractivity contribution in [2.75, 3.05) is 5.43 Å². The maximum Gasteiger partial charge on any atom is 0.0496 e. The van der Waals surface area contributed by atoms with Gasteiger partial charge in [-0.3, -0.25) is 5.84 Å². The van der Waals surface area contributed by atoms with Crippen LogP contribution in [-0.2, 0) is 0 Å². The molecule has 1 rings (SSSR count). The summed E-state index contributed by atoms with van der Waals surface area (Å²) in [7, 11) is 0. The van der Waals surface area contributed by atoms with Crippen LogP contribution in [0, 0.1) is 6.92 Å². The highest BCUT2D eigenvalue weighted by atomic mass is 79.9. The van der Waals surface area contributed by atoms with Crippen molar-refractivity contribution >= 4 is 34.0 Å². The molecule has 0 heterocycles. The van der Waals surface area contributed by atoms with Crippen LogP contribution in [0.25, 0.3) is 0 Å². The van der Waals surface area contributed by atoms with Gasteiger partial charge >= 0.3 is 0 Å². The van der Waals surface area contributed by atoms with Crippen LogP contribution in [0.5, 0.6) is 0 Å². The molecule has 0 saturated carbocycles. The first-order valence-electron chi connectivity index (χ1n) is 2.97. The lowest BCUT2D eigenvalue weighted by Crippen LogP contribution is -2.06. The van der Waals surface area contributed by atoms with Crippen molar-refractivity contribution in [3.05, 3.63) is 28.2 Å². The second-order valence-corrected chi connectivity index (χ2v) is 2.96. The SMILES string of the molecule is Cc1ccc(NN)cc1Br.Cl. The summed E-state index contributed by atoms with van der Waals surface area (Å²) >= 11 is 3.39. The molecule has 2 nitrogen and oxygen atoms in total. The van der Waals surface area contributed by atoms with Gasteiger partial charge in [0, 0.05) is 10.2 Å². The molecular weight excluding hydrogens is 227 g/mol. The predicted molar refractivity (Wildman–Crippen MR) is 53.9 cm³/mol. The second-order valence-electron chi connectivity index (χ2n) is 2.11. The van der Waals surface area contributed by atoms with E-state index in [-0.39, 0.29) is 12.4 Å². The van der Waals surface area contributed by atoms with Crippen LogP contribution < -0.4 is 11.3 Å². The summed E-state index contributed by atoms with van der Waals surface area (Å²) in [5.41, 5.74) is 4.69. The Kier molecular flexibility index (Phi) is 4.49. The molecular formula is C7H10BrClN2. The first-order valence-corrected chi connectivity index (χ1v) is 3.76. The lowest BCUT2D eigenvalue weighted by Gasteiger charge is -2.01. The largest absolute Gasteiger partial charge is 0.324 e. The fraction of sp³-hybridized carbons (Fsp3) is 0.143. The minimum absolute atomic E-state index is 0. The van der Waals surface area contributed by atoms with Crippen LogP contribution in [0.1, 0.15) is 5.56 Å². The van der Waals surface area contributed by atoms with Gasteiger partial charge in [0.1, 0.15) is 0 Å². The number of rotatable bonds is 1. The Hall–Kier alpha value is -0.250. The van der Waals surface area contributed by atoms with Crippen molar-refractivity contribution < 1.29 is 0 Å². The third-order valence-electron chi connectivity index (χ3n) is 1.34. The molecule has 3 N–H and O–H groups in total. The van der Waals surface area contributed by atoms with Crippen molar-refractivity contribution in [1.82, 2.24) is 0 Å². The highest BCUT2D eigenvalue weighted by Gasteiger charge is 1.93. The molecule has 4 heteroatoms. The van der Waals surface area contributed by atoms with E-state index in [9.17, 15) is 0 Å². The number of benzene rings is 1. The summed E-state index contributed by atoms with van der Waals surface area (Å²) in [4.78, 5) is 0. The van der Waals surface area contributed by atoms with Crippen LogP contribution in [0.3, 0.4) is 0 Å². The number of hydrogen-bond acceptors (Lipinski definition) is 2. The highest BCUT2D eigenvalue weighted by molar-refractivity contribution is 9.10. The maximum absolute atomic E-state index is 5.20. The molecule has 11 heavy (non-hydrogen) atoms. The van der Waals surface area contributed by atoms with Gasteiger partial charge in [-0.1, -0.05) is 22.0 Å². The molecule has 0 unspecified atom stereocenters. The fourth-order valence-electron chi connectivity index (χ4n) is 0.683. The predicted octanol–water partition coefficient (Wildman–Crippen LogP) is 2.46. The van der Waals surface area contributed by atoms with Crippen LogP contribution in [0.4, 0.5) is 5.69 Å². The Morgan fingerprint density at radius 1 is 1.45 bits per heavy atom. The van der Waals surface area contributed by atoms with E-state index in [0.717, 1.165) is 10.2 Å². The zero-order chi connectivity index (χ0) is 7.56. The summed E-state index contributed by atoms with van der Waals surface area (Å²) in [6.45, 7) is 2.03. The number of nitrogens with one attached hydrogen (secondary N) is 1. The average Bonchev–Trinajstić information content (AvgIpc) is 1.95. The topological polar surface area (TPSA) is 38.0 Å². The number of hydrazine groups is 1. The summed E-state index contributed by atoms with van der Waals surface area (Å²) in [5, 5.41) is 0. The average molecular weight is 238 g/mol. The van der Waals surface area contributed by atoms with Crippen LogP contribution in [0.15, 0.2) is 22.7 Å². The maximum atomic E-state index is 5.20. The number of halogens is 2. The van der Waals surface area contributed by atoms with Crippen LogP contribution >= 0.6 is 28.3 Å². The van der Waals surface area contributed by atoms with Gasteiger partial charge in [-0.05, 0) is 24.6 Å². The van der Waals surface area contributed by atoms with Gasteiger partial charge in [0.15, 0.2) is 0 Å². The molecule has 0 radical (unpaired) electrons. The lowest BCUT2D eigenvalue weighted by molar-refractivity contribution is 1.33. The summed E-state index contributed by atoms with van der Waals surface area (Å²) < 4.78 is 1.07. The Morgan fingerprint density at radius 3 is 2.55 bits per heavy atom. The first kappa shape index (κ1) is 10.8. The summed E-state index contributed by atoms with van der Waals surface area (Å²) in [5.74, 6) is 5.20. The van der Waals surface area contributed by atoms with E-state index >= 15 is 0 Å². The fourth-order valence-corrected chi connectivity index (χ4v) is 1.06. The van der Waals surface area contributed by atoms with Crippen LogP contribution in [0.2, 0.25) is 0 Å². The summed E-state index contributed by atoms with van der Waals surface area (Å²) in [6.07, 6.45) is 0. The molecule has 0 aliphatic carbocycles. The van der Waals surface area contributed by atoms with Crippen molar-refractivity contribution in [2.24, 2.45) is 5.84 Å². The van der Waals surface area contributed by atoms with E-state index in [1.54, 1.807) is 0 Å². The Labute approximate surface area is 80.7 Å². The molecule has 1 aromatic rings. The molecule has 0 saturated heterocycles. The molecule has 62 valence electrons. The minimum atomic E-state index is 0. The van der Waals surface area contributed by atoms with Crippen LogP contribution in [-0.4, -0.2) is 0 Å². The quantitative estimate of drug-likeness (QED) is 0.582. The van der Waals surface area contributed by atoms with Crippen molar-refractivity contribution in [2.45, 2.75) is 6.92 Å². The third-order valence-corrected chi connectivity index (χ3v) is 2.19. The molecule has 0 spiro atoms. The molecule has 0 amide bonds. The number of anilines is 1. The monoisotopic (exact) mass is 236 g/mol. The molecule has 0 aliphatic heterocycles. The molecule has 0 bridgehead atoms. The number of nitrogen functional groups attached to an aromatic ring is 1. The van der Waals surface area contributed by atoms with Gasteiger partial charge in [0.25, 0.3) is 0 Å². The molecule has 0 fully saturated rings. The van der Waals surface area contributed by atoms with E-state index in [1.807, 2.05) is 25.1 Å². The highest BCUT2D eigenvalue weighted by Crippen LogP contribution is 2.19. The lowest BCUT2D eigenvalue weighted by atomic mass is 10.2. The van der Waals surface area contributed by atoms with E-state index < -0.39 is 0 Å². The molecule has 0 aliphatic rings. The Balaban J connectivity index is 0.000001000. The zero-order valence-corrected chi connectivity index (χ0v) is 8.50. The Bertz CT molecular complexity index is 240. The Morgan fingerprint density at radius 2 is 2.09 bits per heavy atom. The zero-order valence-electron chi connectivity index (χ0n) is 6.10. The number of aryl methyl sites for hydroxylation is 1.